The zero-order valence-electron chi connectivity index (χ0n) is 7.55. The number of alkyl halides is 1. The summed E-state index contributed by atoms with van der Waals surface area (Å²) in [4.78, 5) is 2.21. The van der Waals surface area contributed by atoms with E-state index >= 15 is 0 Å². The number of hydrogen-bond acceptors (Lipinski definition) is 1. The van der Waals surface area contributed by atoms with Crippen LogP contribution in [0.5, 0.6) is 0 Å². The molecule has 0 fully saturated rings. The average molecular weight is 228 g/mol. The van der Waals surface area contributed by atoms with E-state index in [1.54, 1.807) is 0 Å². The van der Waals surface area contributed by atoms with Gasteiger partial charge in [-0.2, -0.15) is 0 Å². The van der Waals surface area contributed by atoms with Gasteiger partial charge in [-0.3, -0.25) is 4.90 Å². The molecule has 2 heteroatoms. The van der Waals surface area contributed by atoms with Crippen LogP contribution in [0.25, 0.3) is 0 Å². The lowest BCUT2D eigenvalue weighted by Gasteiger charge is -2.12. The summed E-state index contributed by atoms with van der Waals surface area (Å²) in [6, 6.07) is 8.65. The van der Waals surface area contributed by atoms with Crippen LogP contribution in [0.3, 0.4) is 0 Å². The zero-order valence-corrected chi connectivity index (χ0v) is 9.13. The Bertz CT molecular complexity index is 230. The van der Waals surface area contributed by atoms with Gasteiger partial charge in [0.1, 0.15) is 0 Å². The van der Waals surface area contributed by atoms with E-state index in [0.29, 0.717) is 0 Å². The number of benzene rings is 1. The number of aryl methyl sites for hydroxylation is 1. The Morgan fingerprint density at radius 2 is 1.83 bits per heavy atom. The van der Waals surface area contributed by atoms with Gasteiger partial charge in [-0.25, -0.2) is 0 Å². The molecule has 0 amide bonds. The van der Waals surface area contributed by atoms with Crippen LogP contribution < -0.4 is 0 Å². The van der Waals surface area contributed by atoms with Crippen molar-refractivity contribution in [1.29, 1.82) is 0 Å². The van der Waals surface area contributed by atoms with Crippen molar-refractivity contribution >= 4 is 15.9 Å². The summed E-state index contributed by atoms with van der Waals surface area (Å²) in [5.41, 5.74) is 3.60. The quantitative estimate of drug-likeness (QED) is 0.568. The lowest BCUT2D eigenvalue weighted by molar-refractivity contribution is 0.390. The van der Waals surface area contributed by atoms with E-state index in [2.05, 4.69) is 59.1 Å². The first-order valence-corrected chi connectivity index (χ1v) is 5.14. The van der Waals surface area contributed by atoms with Crippen molar-refractivity contribution in [3.8, 4) is 0 Å². The first kappa shape index (κ1) is 9.75. The second-order valence-corrected chi connectivity index (χ2v) is 3.62. The van der Waals surface area contributed by atoms with Crippen molar-refractivity contribution in [2.75, 3.05) is 12.5 Å². The molecule has 0 saturated heterocycles. The molecule has 0 bridgehead atoms. The summed E-state index contributed by atoms with van der Waals surface area (Å²) >= 11 is 3.41. The summed E-state index contributed by atoms with van der Waals surface area (Å²) in [6.45, 7) is 3.11. The lowest BCUT2D eigenvalue weighted by Crippen LogP contribution is -2.14. The fraction of sp³-hybridized carbons (Fsp3) is 0.400. The lowest BCUT2D eigenvalue weighted by atomic mass is 10.1. The summed E-state index contributed by atoms with van der Waals surface area (Å²) < 4.78 is 0. The van der Waals surface area contributed by atoms with Crippen molar-refractivity contribution in [3.63, 3.8) is 0 Å². The molecule has 0 saturated carbocycles. The molecule has 0 aliphatic carbocycles. The van der Waals surface area contributed by atoms with Gasteiger partial charge in [0.2, 0.25) is 0 Å². The van der Waals surface area contributed by atoms with Gasteiger partial charge in [0.05, 0.1) is 5.45 Å². The van der Waals surface area contributed by atoms with Gasteiger partial charge < -0.3 is 0 Å². The Labute approximate surface area is 82.5 Å². The fourth-order valence-corrected chi connectivity index (χ4v) is 1.22. The summed E-state index contributed by atoms with van der Waals surface area (Å²) in [6.07, 6.45) is 0. The van der Waals surface area contributed by atoms with Crippen molar-refractivity contribution in [2.45, 2.75) is 13.5 Å². The third-order valence-electron chi connectivity index (χ3n) is 1.78. The zero-order chi connectivity index (χ0) is 8.97. The molecule has 1 rings (SSSR count). The van der Waals surface area contributed by atoms with Gasteiger partial charge in [0, 0.05) is 6.54 Å². The van der Waals surface area contributed by atoms with Crippen LogP contribution in [0.15, 0.2) is 24.3 Å². The van der Waals surface area contributed by atoms with E-state index in [1.165, 1.54) is 11.1 Å². The molecule has 0 heterocycles. The Morgan fingerprint density at radius 3 is 2.33 bits per heavy atom. The molecule has 0 radical (unpaired) electrons. The molecular formula is C10H14BrN. The fourth-order valence-electron chi connectivity index (χ4n) is 1.05. The Kier molecular flexibility index (Phi) is 3.76. The molecule has 0 aliphatic heterocycles. The molecule has 0 aromatic heterocycles. The predicted molar refractivity (Wildman–Crippen MR) is 56.4 cm³/mol. The van der Waals surface area contributed by atoms with Crippen LogP contribution in [-0.2, 0) is 6.54 Å². The first-order valence-electron chi connectivity index (χ1n) is 4.02. The third-order valence-corrected chi connectivity index (χ3v) is 2.63. The highest BCUT2D eigenvalue weighted by molar-refractivity contribution is 9.09. The predicted octanol–water partition coefficient (Wildman–Crippen LogP) is 2.78. The highest BCUT2D eigenvalue weighted by atomic mass is 79.9. The minimum atomic E-state index is 0.918. The maximum atomic E-state index is 3.41. The van der Waals surface area contributed by atoms with Gasteiger partial charge in [0.15, 0.2) is 0 Å². The van der Waals surface area contributed by atoms with Crippen molar-refractivity contribution < 1.29 is 0 Å². The maximum absolute atomic E-state index is 3.41. The topological polar surface area (TPSA) is 3.24 Å². The van der Waals surface area contributed by atoms with Crippen molar-refractivity contribution in [3.05, 3.63) is 35.4 Å². The van der Waals surface area contributed by atoms with Crippen LogP contribution >= 0.6 is 15.9 Å². The molecular weight excluding hydrogens is 214 g/mol. The molecule has 1 aromatic carbocycles. The summed E-state index contributed by atoms with van der Waals surface area (Å²) in [5, 5.41) is 0. The Balaban J connectivity index is 2.58. The van der Waals surface area contributed by atoms with E-state index in [9.17, 15) is 0 Å². The number of nitrogens with zero attached hydrogens (tertiary/aromatic N) is 1. The highest BCUT2D eigenvalue weighted by Crippen LogP contribution is 2.06. The standard InChI is InChI=1S/C10H14BrN/c1-9-3-5-10(6-4-9)7-12(2)8-11/h3-6H,7-8H2,1-2H3. The third kappa shape index (κ3) is 2.95. The van der Waals surface area contributed by atoms with E-state index in [-0.39, 0.29) is 0 Å². The molecule has 0 unspecified atom stereocenters. The van der Waals surface area contributed by atoms with Crippen LogP contribution in [0.1, 0.15) is 11.1 Å². The highest BCUT2D eigenvalue weighted by Gasteiger charge is 1.96. The molecule has 1 nitrogen and oxygen atoms in total. The smallest absolute Gasteiger partial charge is 0.0542 e. The molecule has 0 N–H and O–H groups in total. The minimum absolute atomic E-state index is 0.918. The number of halogens is 1. The van der Waals surface area contributed by atoms with Crippen LogP contribution in [-0.4, -0.2) is 17.4 Å². The van der Waals surface area contributed by atoms with Crippen LogP contribution in [0, 0.1) is 6.92 Å². The Morgan fingerprint density at radius 1 is 1.25 bits per heavy atom. The summed E-state index contributed by atoms with van der Waals surface area (Å²) in [7, 11) is 2.09. The Hall–Kier alpha value is -0.340. The SMILES string of the molecule is Cc1ccc(CN(C)CBr)cc1. The van der Waals surface area contributed by atoms with Gasteiger partial charge in [-0.1, -0.05) is 45.8 Å². The molecule has 66 valence electrons. The normalized spacial score (nSPS) is 10.7. The maximum Gasteiger partial charge on any atom is 0.0542 e. The van der Waals surface area contributed by atoms with E-state index in [4.69, 9.17) is 0 Å². The van der Waals surface area contributed by atoms with Crippen LogP contribution in [0.2, 0.25) is 0 Å². The monoisotopic (exact) mass is 227 g/mol. The van der Waals surface area contributed by atoms with E-state index < -0.39 is 0 Å². The van der Waals surface area contributed by atoms with Crippen molar-refractivity contribution in [2.24, 2.45) is 0 Å². The van der Waals surface area contributed by atoms with Crippen molar-refractivity contribution in [1.82, 2.24) is 4.90 Å². The van der Waals surface area contributed by atoms with Gasteiger partial charge in [0.25, 0.3) is 0 Å². The molecule has 12 heavy (non-hydrogen) atoms. The van der Waals surface area contributed by atoms with Crippen LogP contribution in [0.4, 0.5) is 0 Å². The molecule has 0 spiro atoms. The second kappa shape index (κ2) is 4.63. The molecule has 0 aliphatic rings. The van der Waals surface area contributed by atoms with Gasteiger partial charge >= 0.3 is 0 Å². The van der Waals surface area contributed by atoms with Gasteiger partial charge in [-0.05, 0) is 19.5 Å². The number of hydrogen-bond donors (Lipinski definition) is 0. The van der Waals surface area contributed by atoms with E-state index in [0.717, 1.165) is 12.0 Å². The summed E-state index contributed by atoms with van der Waals surface area (Å²) in [5.74, 6) is 0. The second-order valence-electron chi connectivity index (χ2n) is 3.12. The molecule has 0 atom stereocenters. The first-order chi connectivity index (χ1) is 5.72. The average Bonchev–Trinajstić information content (AvgIpc) is 2.09. The number of rotatable bonds is 3. The minimum Gasteiger partial charge on any atom is -0.292 e. The van der Waals surface area contributed by atoms with E-state index in [1.807, 2.05) is 0 Å². The molecule has 1 aromatic rings. The largest absolute Gasteiger partial charge is 0.292 e. The van der Waals surface area contributed by atoms with Gasteiger partial charge in [-0.15, -0.1) is 0 Å².